The van der Waals surface area contributed by atoms with E-state index in [1.54, 1.807) is 119 Å². The van der Waals surface area contributed by atoms with Crippen LogP contribution in [0.3, 0.4) is 0 Å². The molecule has 1 fully saturated rings. The Kier molecular flexibility index (Phi) is 13.4. The number of Topliss-reactive ketones (excluding diaryl/α,β-unsaturated/α-hetero) is 1. The Balaban J connectivity index is 1.37. The van der Waals surface area contributed by atoms with Crippen molar-refractivity contribution in [2.75, 3.05) is 26.4 Å². The number of ether oxygens (including phenoxy) is 6. The number of carbonyl (C=O) groups is 5. The first kappa shape index (κ1) is 45.4. The first-order valence-corrected chi connectivity index (χ1v) is 21.4. The summed E-state index contributed by atoms with van der Waals surface area (Å²) in [6, 6.07) is 23.6. The number of benzene rings is 3. The molecule has 8 atom stereocenters. The van der Waals surface area contributed by atoms with Gasteiger partial charge in [0, 0.05) is 49.5 Å². The first-order chi connectivity index (χ1) is 30.1. The van der Waals surface area contributed by atoms with Crippen LogP contribution in [0, 0.1) is 11.3 Å². The van der Waals surface area contributed by atoms with Gasteiger partial charge in [-0.2, -0.15) is 0 Å². The Hall–Kier alpha value is -5.67. The van der Waals surface area contributed by atoms with E-state index in [-0.39, 0.29) is 54.3 Å². The fourth-order valence-electron chi connectivity index (χ4n) is 9.64. The molecule has 14 heteroatoms. The van der Waals surface area contributed by atoms with Crippen LogP contribution in [0.25, 0.3) is 0 Å². The van der Waals surface area contributed by atoms with Crippen molar-refractivity contribution < 1.29 is 62.6 Å². The highest BCUT2D eigenvalue weighted by Crippen LogP contribution is 2.58. The van der Waals surface area contributed by atoms with Crippen LogP contribution in [0.1, 0.15) is 92.6 Å². The highest BCUT2D eigenvalue weighted by molar-refractivity contribution is 6.09. The highest BCUT2D eigenvalue weighted by Gasteiger charge is 2.70. The van der Waals surface area contributed by atoms with Gasteiger partial charge in [0.2, 0.25) is 5.78 Å². The summed E-state index contributed by atoms with van der Waals surface area (Å²) in [5, 5.41) is 28.3. The molecule has 4 bridgehead atoms. The lowest BCUT2D eigenvalue weighted by atomic mass is 9.53. The molecule has 1 saturated heterocycles. The van der Waals surface area contributed by atoms with E-state index in [1.165, 1.54) is 6.92 Å². The summed E-state index contributed by atoms with van der Waals surface area (Å²) in [5.74, 6) is -5.16. The molecular formula is C49H55NO13. The van der Waals surface area contributed by atoms with Gasteiger partial charge in [-0.1, -0.05) is 80.6 Å². The van der Waals surface area contributed by atoms with Crippen LogP contribution in [0.4, 0.5) is 0 Å². The highest BCUT2D eigenvalue weighted by atomic mass is 16.6. The van der Waals surface area contributed by atoms with Gasteiger partial charge in [-0.25, -0.2) is 9.59 Å². The average Bonchev–Trinajstić information content (AvgIpc) is 3.27. The molecule has 3 aromatic rings. The Labute approximate surface area is 366 Å². The van der Waals surface area contributed by atoms with Gasteiger partial charge >= 0.3 is 17.9 Å². The SMILES string of the molecule is CC(=O)O[C@@]12CO[C@@H]1CCOCCCCO/C1=C(\C)[C@@H]2[C@H](OC(=O)c2ccccc2)[C@]2(O)C[C@H](OC(=O)[C@H](O)[C@@H](NC(=O)c3ccccc3)c3ccccc3)C(C)=C(C1=O)C2(C)C. The molecular weight excluding hydrogens is 811 g/mol. The number of aliphatic hydroxyl groups is 2. The van der Waals surface area contributed by atoms with Crippen molar-refractivity contribution in [2.24, 2.45) is 11.3 Å². The van der Waals surface area contributed by atoms with Crippen molar-refractivity contribution in [3.63, 3.8) is 0 Å². The maximum absolute atomic E-state index is 15.3. The first-order valence-electron chi connectivity index (χ1n) is 21.4. The van der Waals surface area contributed by atoms with Gasteiger partial charge < -0.3 is 44.0 Å². The lowest BCUT2D eigenvalue weighted by Crippen LogP contribution is -2.73. The van der Waals surface area contributed by atoms with Gasteiger partial charge in [0.15, 0.2) is 17.5 Å². The molecule has 0 unspecified atom stereocenters. The lowest BCUT2D eigenvalue weighted by molar-refractivity contribution is -0.296. The van der Waals surface area contributed by atoms with Gasteiger partial charge in [-0.05, 0) is 67.7 Å². The molecule has 1 amide bonds. The van der Waals surface area contributed by atoms with E-state index >= 15 is 4.79 Å². The van der Waals surface area contributed by atoms with E-state index in [1.807, 2.05) is 0 Å². The molecule has 2 aliphatic carbocycles. The number of hydrogen-bond donors (Lipinski definition) is 3. The third-order valence-electron chi connectivity index (χ3n) is 13.0. The van der Waals surface area contributed by atoms with Gasteiger partial charge in [0.05, 0.1) is 30.7 Å². The minimum absolute atomic E-state index is 0.0460. The van der Waals surface area contributed by atoms with Crippen molar-refractivity contribution >= 4 is 29.6 Å². The largest absolute Gasteiger partial charge is 0.490 e. The number of aliphatic hydroxyl groups excluding tert-OH is 1. The molecule has 0 spiro atoms. The number of esters is 3. The van der Waals surface area contributed by atoms with Gasteiger partial charge in [0.25, 0.3) is 5.91 Å². The normalized spacial score (nSPS) is 29.2. The molecule has 3 N–H and O–H groups in total. The van der Waals surface area contributed by atoms with Crippen LogP contribution >= 0.6 is 0 Å². The molecule has 0 radical (unpaired) electrons. The smallest absolute Gasteiger partial charge is 0.338 e. The van der Waals surface area contributed by atoms with Crippen LogP contribution in [-0.4, -0.2) is 102 Å². The molecule has 0 aromatic heterocycles. The summed E-state index contributed by atoms with van der Waals surface area (Å²) in [4.78, 5) is 70.6. The summed E-state index contributed by atoms with van der Waals surface area (Å²) in [6.45, 7) is 8.35. The zero-order valence-electron chi connectivity index (χ0n) is 36.2. The second kappa shape index (κ2) is 18.6. The predicted molar refractivity (Wildman–Crippen MR) is 227 cm³/mol. The summed E-state index contributed by atoms with van der Waals surface area (Å²) < 4.78 is 37.4. The topological polar surface area (TPSA) is 193 Å². The summed E-state index contributed by atoms with van der Waals surface area (Å²) in [5.41, 5.74) is -3.97. The minimum atomic E-state index is -2.26. The van der Waals surface area contributed by atoms with Crippen LogP contribution in [0.2, 0.25) is 0 Å². The third-order valence-corrected chi connectivity index (χ3v) is 13.0. The van der Waals surface area contributed by atoms with E-state index in [2.05, 4.69) is 5.32 Å². The number of allylic oxidation sites excluding steroid dienone is 1. The van der Waals surface area contributed by atoms with E-state index in [4.69, 9.17) is 28.4 Å². The Morgan fingerprint density at radius 3 is 2.06 bits per heavy atom. The molecule has 334 valence electrons. The van der Waals surface area contributed by atoms with Crippen LogP contribution < -0.4 is 5.32 Å². The van der Waals surface area contributed by atoms with Crippen molar-refractivity contribution in [1.29, 1.82) is 0 Å². The zero-order valence-corrected chi connectivity index (χ0v) is 36.2. The van der Waals surface area contributed by atoms with Gasteiger partial charge in [-0.3, -0.25) is 14.4 Å². The number of ketones is 1. The second-order valence-electron chi connectivity index (χ2n) is 17.2. The number of amides is 1. The Morgan fingerprint density at radius 1 is 0.825 bits per heavy atom. The summed E-state index contributed by atoms with van der Waals surface area (Å²) in [6.07, 6.45) is -4.85. The van der Waals surface area contributed by atoms with E-state index in [0.717, 1.165) is 0 Å². The van der Waals surface area contributed by atoms with E-state index < -0.39 is 89.0 Å². The fraction of sp³-hybridized carbons (Fsp3) is 0.449. The molecule has 2 heterocycles. The molecule has 3 aromatic carbocycles. The molecule has 7 rings (SSSR count). The van der Waals surface area contributed by atoms with Crippen molar-refractivity contribution in [1.82, 2.24) is 5.32 Å². The predicted octanol–water partition coefficient (Wildman–Crippen LogP) is 5.52. The van der Waals surface area contributed by atoms with Gasteiger partial charge in [0.1, 0.15) is 23.9 Å². The third kappa shape index (κ3) is 8.69. The average molecular weight is 866 g/mol. The van der Waals surface area contributed by atoms with E-state index in [0.29, 0.717) is 30.6 Å². The van der Waals surface area contributed by atoms with Gasteiger partial charge in [-0.15, -0.1) is 0 Å². The molecule has 0 saturated carbocycles. The standard InChI is InChI=1S/C49H55NO13/c1-29-35(61-46(56)41(53)39(32-17-9-6-10-18-32)50-44(54)33-19-11-7-12-20-33)27-49(57)43(62-45(55)34-21-13-8-14-22-34)38-30(2)42(40(52)37(29)47(49,4)5)59-25-16-15-24-58-26-23-36-48(38,28-60-36)63-31(3)51/h6-14,17-22,35-36,38-39,41,43,53,57H,15-16,23-28H2,1-5H3,(H,50,54)/b42-30+/t35-,36+,38+,39-,41+,43-,48-,49+/m0/s1. The summed E-state index contributed by atoms with van der Waals surface area (Å²) in [7, 11) is 0. The monoisotopic (exact) mass is 865 g/mol. The number of fused-ring (bicyclic) bond motifs is 5. The van der Waals surface area contributed by atoms with E-state index in [9.17, 15) is 29.4 Å². The second-order valence-corrected chi connectivity index (χ2v) is 17.2. The van der Waals surface area contributed by atoms with Crippen LogP contribution in [-0.2, 0) is 42.8 Å². The molecule has 14 nitrogen and oxygen atoms in total. The number of carbonyl (C=O) groups excluding carboxylic acids is 5. The van der Waals surface area contributed by atoms with Crippen LogP contribution in [0.15, 0.2) is 113 Å². The number of rotatable bonds is 9. The van der Waals surface area contributed by atoms with Crippen molar-refractivity contribution in [3.05, 3.63) is 130 Å². The maximum atomic E-state index is 15.3. The Morgan fingerprint density at radius 2 is 1.44 bits per heavy atom. The number of hydrogen-bond acceptors (Lipinski definition) is 13. The lowest BCUT2D eigenvalue weighted by Gasteiger charge is -2.60. The summed E-state index contributed by atoms with van der Waals surface area (Å²) >= 11 is 0. The quantitative estimate of drug-likeness (QED) is 0.180. The minimum Gasteiger partial charge on any atom is -0.490 e. The molecule has 4 aliphatic rings. The van der Waals surface area contributed by atoms with Crippen LogP contribution in [0.5, 0.6) is 0 Å². The zero-order chi connectivity index (χ0) is 45.1. The molecule has 2 aliphatic heterocycles. The molecule has 63 heavy (non-hydrogen) atoms. The number of nitrogens with one attached hydrogen (secondary N) is 1. The van der Waals surface area contributed by atoms with Crippen molar-refractivity contribution in [3.8, 4) is 0 Å². The maximum Gasteiger partial charge on any atom is 0.338 e. The fourth-order valence-corrected chi connectivity index (χ4v) is 9.64. The van der Waals surface area contributed by atoms with Crippen molar-refractivity contribution in [2.45, 2.75) is 102 Å². The Bertz CT molecular complexity index is 2260.